The van der Waals surface area contributed by atoms with Gasteiger partial charge in [0.05, 0.1) is 10.7 Å². The van der Waals surface area contributed by atoms with Crippen LogP contribution in [0.15, 0.2) is 47.2 Å². The summed E-state index contributed by atoms with van der Waals surface area (Å²) in [6.45, 7) is 0. The normalized spacial score (nSPS) is 12.1. The summed E-state index contributed by atoms with van der Waals surface area (Å²) in [5.74, 6) is 4.89. The second-order valence-corrected chi connectivity index (χ2v) is 4.38. The molecule has 0 spiro atoms. The summed E-state index contributed by atoms with van der Waals surface area (Å²) < 4.78 is 2.37. The van der Waals surface area contributed by atoms with E-state index in [-0.39, 0.29) is 5.91 Å². The number of nitrogens with one attached hydrogen (secondary N) is 1. The van der Waals surface area contributed by atoms with Crippen molar-refractivity contribution in [2.75, 3.05) is 0 Å². The minimum atomic E-state index is -0.563. The number of nitrogens with zero attached hydrogens (tertiary/aromatic N) is 2. The maximum atomic E-state index is 11.8. The van der Waals surface area contributed by atoms with E-state index in [9.17, 15) is 4.79 Å². The fourth-order valence-electron chi connectivity index (χ4n) is 1.59. The van der Waals surface area contributed by atoms with Crippen LogP contribution in [0.1, 0.15) is 11.6 Å². The third-order valence-corrected chi connectivity index (χ3v) is 2.75. The fraction of sp³-hybridized carbons (Fsp3) is 0.0909. The van der Waals surface area contributed by atoms with E-state index in [1.165, 1.54) is 0 Å². The lowest BCUT2D eigenvalue weighted by atomic mass is 10.1. The molecule has 1 amide bonds. The molecule has 17 heavy (non-hydrogen) atoms. The number of nitrogens with two attached hydrogens (primary N) is 1. The summed E-state index contributed by atoms with van der Waals surface area (Å²) in [4.78, 5) is 11.8. The van der Waals surface area contributed by atoms with Crippen molar-refractivity contribution in [2.24, 2.45) is 5.84 Å². The highest BCUT2D eigenvalue weighted by atomic mass is 79.9. The second kappa shape index (κ2) is 5.11. The maximum Gasteiger partial charge on any atom is 0.263 e. The number of carbonyl (C=O) groups excluding carboxylic acids is 1. The van der Waals surface area contributed by atoms with Crippen LogP contribution in [0, 0.1) is 0 Å². The molecule has 1 aromatic carbocycles. The smallest absolute Gasteiger partial charge is 0.263 e. The van der Waals surface area contributed by atoms with Crippen LogP contribution in [0.5, 0.6) is 0 Å². The predicted octanol–water partition coefficient (Wildman–Crippen LogP) is 1.22. The molecule has 88 valence electrons. The lowest BCUT2D eigenvalue weighted by Crippen LogP contribution is -2.37. The van der Waals surface area contributed by atoms with Crippen LogP contribution < -0.4 is 11.3 Å². The Bertz CT molecular complexity index is 511. The van der Waals surface area contributed by atoms with Crippen LogP contribution in [0.2, 0.25) is 0 Å². The Hall–Kier alpha value is -1.66. The number of hydrogen-bond donors (Lipinski definition) is 2. The molecule has 0 saturated carbocycles. The van der Waals surface area contributed by atoms with Crippen LogP contribution in [-0.2, 0) is 4.79 Å². The van der Waals surface area contributed by atoms with Gasteiger partial charge >= 0.3 is 0 Å². The van der Waals surface area contributed by atoms with Crippen LogP contribution >= 0.6 is 15.9 Å². The Labute approximate surface area is 107 Å². The second-order valence-electron chi connectivity index (χ2n) is 3.46. The lowest BCUT2D eigenvalue weighted by molar-refractivity contribution is -0.123. The van der Waals surface area contributed by atoms with Crippen molar-refractivity contribution in [2.45, 2.75) is 6.04 Å². The van der Waals surface area contributed by atoms with Crippen LogP contribution in [0.3, 0.4) is 0 Å². The van der Waals surface area contributed by atoms with Gasteiger partial charge in [-0.15, -0.1) is 0 Å². The van der Waals surface area contributed by atoms with Crippen LogP contribution in [-0.4, -0.2) is 15.7 Å². The van der Waals surface area contributed by atoms with Crippen molar-refractivity contribution in [1.29, 1.82) is 0 Å². The fourth-order valence-corrected chi connectivity index (χ4v) is 1.90. The predicted molar refractivity (Wildman–Crippen MR) is 66.8 cm³/mol. The molecule has 0 saturated heterocycles. The molecule has 5 nitrogen and oxygen atoms in total. The van der Waals surface area contributed by atoms with Crippen LogP contribution in [0.4, 0.5) is 0 Å². The number of carbonyl (C=O) groups is 1. The van der Waals surface area contributed by atoms with E-state index in [1.807, 2.05) is 30.3 Å². The van der Waals surface area contributed by atoms with Crippen molar-refractivity contribution < 1.29 is 4.79 Å². The molecule has 0 fully saturated rings. The van der Waals surface area contributed by atoms with E-state index in [0.717, 1.165) is 10.0 Å². The summed E-state index contributed by atoms with van der Waals surface area (Å²) in [6.07, 6.45) is 3.35. The van der Waals surface area contributed by atoms with E-state index < -0.39 is 6.04 Å². The van der Waals surface area contributed by atoms with Crippen LogP contribution in [0.25, 0.3) is 0 Å². The molecule has 1 heterocycles. The number of aromatic nitrogens is 2. The first kappa shape index (κ1) is 11.8. The molecule has 0 aliphatic heterocycles. The zero-order chi connectivity index (χ0) is 12.3. The van der Waals surface area contributed by atoms with E-state index in [1.54, 1.807) is 17.1 Å². The number of halogens is 1. The molecule has 3 N–H and O–H groups in total. The van der Waals surface area contributed by atoms with Crippen molar-refractivity contribution in [3.8, 4) is 0 Å². The highest BCUT2D eigenvalue weighted by molar-refractivity contribution is 9.10. The molecule has 0 aliphatic rings. The van der Waals surface area contributed by atoms with E-state index >= 15 is 0 Å². The van der Waals surface area contributed by atoms with Crippen molar-refractivity contribution >= 4 is 21.8 Å². The number of benzene rings is 1. The van der Waals surface area contributed by atoms with Gasteiger partial charge in [0.1, 0.15) is 0 Å². The van der Waals surface area contributed by atoms with Gasteiger partial charge in [-0.05, 0) is 21.5 Å². The van der Waals surface area contributed by atoms with Crippen molar-refractivity contribution in [3.63, 3.8) is 0 Å². The number of rotatable bonds is 3. The van der Waals surface area contributed by atoms with Gasteiger partial charge in [0.2, 0.25) is 0 Å². The number of hydrazine groups is 1. The molecule has 1 aromatic heterocycles. The topological polar surface area (TPSA) is 72.9 Å². The standard InChI is InChI=1S/C11H11BrN4O/c12-9-6-14-16(7-9)10(11(17)15-13)8-4-2-1-3-5-8/h1-7,10H,13H2,(H,15,17). The third kappa shape index (κ3) is 2.54. The average molecular weight is 295 g/mol. The van der Waals surface area contributed by atoms with E-state index in [4.69, 9.17) is 5.84 Å². The summed E-state index contributed by atoms with van der Waals surface area (Å²) in [7, 11) is 0. The first-order valence-corrected chi connectivity index (χ1v) is 5.76. The first-order valence-electron chi connectivity index (χ1n) is 4.97. The quantitative estimate of drug-likeness (QED) is 0.508. The van der Waals surface area contributed by atoms with Gasteiger partial charge in [-0.3, -0.25) is 14.9 Å². The average Bonchev–Trinajstić information content (AvgIpc) is 2.77. The van der Waals surface area contributed by atoms with Gasteiger partial charge in [-0.2, -0.15) is 5.10 Å². The zero-order valence-corrected chi connectivity index (χ0v) is 10.5. The summed E-state index contributed by atoms with van der Waals surface area (Å²) in [5.41, 5.74) is 2.98. The summed E-state index contributed by atoms with van der Waals surface area (Å²) in [6, 6.07) is 8.77. The maximum absolute atomic E-state index is 11.8. The highest BCUT2D eigenvalue weighted by Crippen LogP contribution is 2.19. The Morgan fingerprint density at radius 3 is 2.65 bits per heavy atom. The van der Waals surface area contributed by atoms with E-state index in [2.05, 4.69) is 26.5 Å². The third-order valence-electron chi connectivity index (χ3n) is 2.34. The SMILES string of the molecule is NNC(=O)C(c1ccccc1)n1cc(Br)cn1. The first-order chi connectivity index (χ1) is 8.22. The van der Waals surface area contributed by atoms with Gasteiger partial charge in [0.25, 0.3) is 5.91 Å². The van der Waals surface area contributed by atoms with Gasteiger partial charge in [-0.25, -0.2) is 5.84 Å². The molecule has 6 heteroatoms. The van der Waals surface area contributed by atoms with Gasteiger partial charge in [0, 0.05) is 6.20 Å². The highest BCUT2D eigenvalue weighted by Gasteiger charge is 2.22. The Kier molecular flexibility index (Phi) is 3.55. The molecule has 2 aromatic rings. The van der Waals surface area contributed by atoms with Crippen molar-refractivity contribution in [1.82, 2.24) is 15.2 Å². The Morgan fingerprint density at radius 1 is 1.41 bits per heavy atom. The number of amides is 1. The lowest BCUT2D eigenvalue weighted by Gasteiger charge is -2.15. The molecule has 0 radical (unpaired) electrons. The minimum absolute atomic E-state index is 0.313. The molecule has 2 rings (SSSR count). The van der Waals surface area contributed by atoms with Gasteiger partial charge < -0.3 is 0 Å². The summed E-state index contributed by atoms with van der Waals surface area (Å²) in [5, 5.41) is 4.11. The number of hydrogen-bond acceptors (Lipinski definition) is 3. The Morgan fingerprint density at radius 2 is 2.12 bits per heavy atom. The minimum Gasteiger partial charge on any atom is -0.292 e. The van der Waals surface area contributed by atoms with Gasteiger partial charge in [-0.1, -0.05) is 30.3 Å². The molecular formula is C11H11BrN4O. The molecule has 0 aliphatic carbocycles. The van der Waals surface area contributed by atoms with Crippen molar-refractivity contribution in [3.05, 3.63) is 52.8 Å². The van der Waals surface area contributed by atoms with Gasteiger partial charge in [0.15, 0.2) is 6.04 Å². The monoisotopic (exact) mass is 294 g/mol. The van der Waals surface area contributed by atoms with E-state index in [0.29, 0.717) is 0 Å². The Balaban J connectivity index is 2.42. The zero-order valence-electron chi connectivity index (χ0n) is 8.88. The molecular weight excluding hydrogens is 284 g/mol. The molecule has 1 unspecified atom stereocenters. The summed E-state index contributed by atoms with van der Waals surface area (Å²) >= 11 is 3.30. The molecule has 1 atom stereocenters. The largest absolute Gasteiger partial charge is 0.292 e. The molecule has 0 bridgehead atoms.